The number of carbonyl (C=O) groups is 3. The van der Waals surface area contributed by atoms with E-state index in [0.717, 1.165) is 0 Å². The molecule has 1 N–H and O–H groups in total. The predicted octanol–water partition coefficient (Wildman–Crippen LogP) is 3.18. The van der Waals surface area contributed by atoms with Gasteiger partial charge >= 0.3 is 0 Å². The minimum Gasteiger partial charge on any atom is -0.324 e. The Morgan fingerprint density at radius 1 is 1.28 bits per heavy atom. The monoisotopic (exact) mass is 364 g/mol. The van der Waals surface area contributed by atoms with Crippen molar-refractivity contribution in [1.29, 1.82) is 0 Å². The molecule has 0 aliphatic carbocycles. The molecule has 1 heterocycles. The normalized spacial score (nSPS) is 17.7. The number of rotatable bonds is 4. The molecule has 2 rings (SSSR count). The lowest BCUT2D eigenvalue weighted by molar-refractivity contribution is -0.132. The molecule has 5 nitrogen and oxygen atoms in total. The van der Waals surface area contributed by atoms with Crippen LogP contribution in [0.5, 0.6) is 0 Å². The number of halogens is 1. The molecule has 2 amide bonds. The molecule has 0 radical (unpaired) electrons. The van der Waals surface area contributed by atoms with Gasteiger partial charge in [0.1, 0.15) is 11.9 Å². The summed E-state index contributed by atoms with van der Waals surface area (Å²) in [7, 11) is 0. The van der Waals surface area contributed by atoms with Crippen molar-refractivity contribution in [3.05, 3.63) is 41.2 Å². The Morgan fingerprint density at radius 3 is 2.44 bits per heavy atom. The van der Waals surface area contributed by atoms with Crippen LogP contribution in [0.3, 0.4) is 0 Å². The summed E-state index contributed by atoms with van der Waals surface area (Å²) in [5, 5.41) is 3.13. The van der Waals surface area contributed by atoms with Crippen LogP contribution in [0.2, 0.25) is 0 Å². The molecule has 1 atom stereocenters. The van der Waals surface area contributed by atoms with Crippen LogP contribution in [0.15, 0.2) is 35.4 Å². The summed E-state index contributed by atoms with van der Waals surface area (Å²) in [6, 6.07) is 4.59. The summed E-state index contributed by atoms with van der Waals surface area (Å²) < 4.78 is 12.9. The maximum Gasteiger partial charge on any atom is 0.247 e. The van der Waals surface area contributed by atoms with Crippen LogP contribution in [0.4, 0.5) is 10.1 Å². The van der Waals surface area contributed by atoms with Crippen LogP contribution in [0.1, 0.15) is 27.7 Å². The number of benzene rings is 1. The molecule has 0 aromatic heterocycles. The minimum atomic E-state index is -0.786. The number of allylic oxidation sites excluding steroid dienone is 1. The van der Waals surface area contributed by atoms with E-state index in [2.05, 4.69) is 5.32 Å². The van der Waals surface area contributed by atoms with Crippen molar-refractivity contribution in [3.63, 3.8) is 0 Å². The summed E-state index contributed by atoms with van der Waals surface area (Å²) in [5.41, 5.74) is -0.126. The molecule has 1 aromatic carbocycles. The second-order valence-corrected chi connectivity index (χ2v) is 7.82. The Kier molecular flexibility index (Phi) is 5.67. The maximum absolute atomic E-state index is 12.9. The van der Waals surface area contributed by atoms with Gasteiger partial charge in [-0.1, -0.05) is 32.5 Å². The molecular weight excluding hydrogens is 343 g/mol. The molecule has 0 unspecified atom stereocenters. The van der Waals surface area contributed by atoms with Crippen LogP contribution in [-0.2, 0) is 14.4 Å². The molecule has 1 aliphatic heterocycles. The third kappa shape index (κ3) is 4.69. The van der Waals surface area contributed by atoms with Gasteiger partial charge in [-0.15, -0.1) is 0 Å². The molecule has 1 aromatic rings. The van der Waals surface area contributed by atoms with Crippen molar-refractivity contribution in [2.75, 3.05) is 11.1 Å². The van der Waals surface area contributed by atoms with Crippen LogP contribution in [-0.4, -0.2) is 34.3 Å². The average Bonchev–Trinajstić information content (AvgIpc) is 2.88. The maximum atomic E-state index is 12.9. The Balaban J connectivity index is 2.17. The Hall–Kier alpha value is -2.15. The highest BCUT2D eigenvalue weighted by Crippen LogP contribution is 2.32. The van der Waals surface area contributed by atoms with Gasteiger partial charge in [0, 0.05) is 17.2 Å². The lowest BCUT2D eigenvalue weighted by Crippen LogP contribution is -2.42. The predicted molar refractivity (Wildman–Crippen MR) is 96.3 cm³/mol. The third-order valence-corrected chi connectivity index (χ3v) is 4.72. The first-order valence-corrected chi connectivity index (χ1v) is 8.85. The molecule has 134 valence electrons. The summed E-state index contributed by atoms with van der Waals surface area (Å²) in [6.07, 6.45) is 1.43. The van der Waals surface area contributed by atoms with Crippen LogP contribution < -0.4 is 5.32 Å². The Bertz CT molecular complexity index is 723. The van der Waals surface area contributed by atoms with Crippen molar-refractivity contribution in [1.82, 2.24) is 4.90 Å². The molecular formula is C18H21FN2O3S. The quantitative estimate of drug-likeness (QED) is 0.834. The number of anilines is 1. The van der Waals surface area contributed by atoms with Crippen molar-refractivity contribution in [2.24, 2.45) is 5.41 Å². The zero-order valence-corrected chi connectivity index (χ0v) is 15.4. The van der Waals surface area contributed by atoms with E-state index < -0.39 is 23.2 Å². The van der Waals surface area contributed by atoms with Gasteiger partial charge in [0.25, 0.3) is 0 Å². The third-order valence-electron chi connectivity index (χ3n) is 3.72. The van der Waals surface area contributed by atoms with Gasteiger partial charge < -0.3 is 5.32 Å². The summed E-state index contributed by atoms with van der Waals surface area (Å²) in [6.45, 7) is 6.98. The molecule has 1 saturated heterocycles. The Labute approximate surface area is 150 Å². The van der Waals surface area contributed by atoms with Crippen molar-refractivity contribution in [3.8, 4) is 0 Å². The number of hydrogen-bond acceptors (Lipinski definition) is 4. The van der Waals surface area contributed by atoms with Crippen molar-refractivity contribution in [2.45, 2.75) is 33.7 Å². The van der Waals surface area contributed by atoms with Gasteiger partial charge in [-0.05, 0) is 31.2 Å². The molecule has 0 saturated carbocycles. The standard InChI is InChI=1S/C18H21FN2O3S/c1-11(17(24)20-13-7-5-12(19)6-8-13)21-15(23)10-25-16(21)9-14(22)18(2,3)4/h5-9,11H,10H2,1-4H3,(H,20,24)/b16-9-/t11-/m1/s1. The molecule has 25 heavy (non-hydrogen) atoms. The first kappa shape index (κ1) is 19.2. The van der Waals surface area contributed by atoms with E-state index in [9.17, 15) is 18.8 Å². The summed E-state index contributed by atoms with van der Waals surface area (Å²) >= 11 is 1.24. The number of hydrogen-bond donors (Lipinski definition) is 1. The number of nitrogens with zero attached hydrogens (tertiary/aromatic N) is 1. The van der Waals surface area contributed by atoms with Gasteiger partial charge in [-0.3, -0.25) is 19.3 Å². The number of nitrogens with one attached hydrogen (secondary N) is 1. The molecule has 7 heteroatoms. The molecule has 1 aliphatic rings. The van der Waals surface area contributed by atoms with Crippen LogP contribution in [0.25, 0.3) is 0 Å². The second-order valence-electron chi connectivity index (χ2n) is 6.82. The smallest absolute Gasteiger partial charge is 0.247 e. The number of carbonyl (C=O) groups excluding carboxylic acids is 3. The highest BCUT2D eigenvalue weighted by molar-refractivity contribution is 8.04. The Morgan fingerprint density at radius 2 is 1.88 bits per heavy atom. The minimum absolute atomic E-state index is 0.110. The fraction of sp³-hybridized carbons (Fsp3) is 0.389. The van der Waals surface area contributed by atoms with E-state index in [1.165, 1.54) is 47.0 Å². The topological polar surface area (TPSA) is 66.5 Å². The van der Waals surface area contributed by atoms with Crippen molar-refractivity contribution >= 4 is 35.0 Å². The fourth-order valence-electron chi connectivity index (χ4n) is 2.14. The van der Waals surface area contributed by atoms with Gasteiger partial charge in [0.2, 0.25) is 11.8 Å². The van der Waals surface area contributed by atoms with E-state index in [1.807, 2.05) is 0 Å². The van der Waals surface area contributed by atoms with E-state index in [1.54, 1.807) is 27.7 Å². The van der Waals surface area contributed by atoms with E-state index in [-0.39, 0.29) is 17.4 Å². The van der Waals surface area contributed by atoms with Gasteiger partial charge in [0.15, 0.2) is 5.78 Å². The lowest BCUT2D eigenvalue weighted by atomic mass is 9.91. The molecule has 0 spiro atoms. The first-order valence-electron chi connectivity index (χ1n) is 7.87. The van der Waals surface area contributed by atoms with E-state index in [4.69, 9.17) is 0 Å². The summed E-state index contributed by atoms with van der Waals surface area (Å²) in [5.74, 6) is -0.947. The zero-order valence-electron chi connectivity index (χ0n) is 14.6. The fourth-order valence-corrected chi connectivity index (χ4v) is 3.14. The van der Waals surface area contributed by atoms with E-state index >= 15 is 0 Å². The number of amides is 2. The number of thioether (sulfide) groups is 1. The highest BCUT2D eigenvalue weighted by Gasteiger charge is 2.35. The SMILES string of the molecule is C[C@H](C(=O)Nc1ccc(F)cc1)N1C(=O)CS/C1=C\C(=O)C(C)(C)C. The van der Waals surface area contributed by atoms with E-state index in [0.29, 0.717) is 10.7 Å². The highest BCUT2D eigenvalue weighted by atomic mass is 32.2. The lowest BCUT2D eigenvalue weighted by Gasteiger charge is -2.25. The van der Waals surface area contributed by atoms with Gasteiger partial charge in [-0.25, -0.2) is 4.39 Å². The molecule has 0 bridgehead atoms. The van der Waals surface area contributed by atoms with Crippen molar-refractivity contribution < 1.29 is 18.8 Å². The first-order chi connectivity index (χ1) is 11.6. The second kappa shape index (κ2) is 7.39. The van der Waals surface area contributed by atoms with Crippen LogP contribution >= 0.6 is 11.8 Å². The van der Waals surface area contributed by atoms with Gasteiger partial charge in [-0.2, -0.15) is 0 Å². The summed E-state index contributed by atoms with van der Waals surface area (Å²) in [4.78, 5) is 38.2. The van der Waals surface area contributed by atoms with Gasteiger partial charge in [0.05, 0.1) is 10.8 Å². The average molecular weight is 364 g/mol. The van der Waals surface area contributed by atoms with Crippen LogP contribution in [0, 0.1) is 11.2 Å². The molecule has 1 fully saturated rings. The largest absolute Gasteiger partial charge is 0.324 e. The zero-order chi connectivity index (χ0) is 18.8. The number of ketones is 1.